The first-order valence-electron chi connectivity index (χ1n) is 7.87. The molecule has 0 aliphatic rings. The fraction of sp³-hybridized carbons (Fsp3) is 0.467. The molecule has 23 heavy (non-hydrogen) atoms. The Morgan fingerprint density at radius 2 is 2.09 bits per heavy atom. The molecule has 0 amide bonds. The zero-order valence-corrected chi connectivity index (χ0v) is 13.7. The third-order valence-corrected chi connectivity index (χ3v) is 3.43. The quantitative estimate of drug-likeness (QED) is 0.722. The van der Waals surface area contributed by atoms with Crippen molar-refractivity contribution >= 4 is 22.9 Å². The number of nitrogens with zero attached hydrogens (tertiary/aromatic N) is 6. The molecule has 0 spiro atoms. The average Bonchev–Trinajstić information content (AvgIpc) is 3.14. The van der Waals surface area contributed by atoms with Crippen LogP contribution in [0.15, 0.2) is 18.5 Å². The Balaban J connectivity index is 2.12. The molecule has 122 valence electrons. The lowest BCUT2D eigenvalue weighted by Gasteiger charge is -2.09. The van der Waals surface area contributed by atoms with Gasteiger partial charge in [0.2, 0.25) is 11.9 Å². The van der Waals surface area contributed by atoms with E-state index >= 15 is 0 Å². The van der Waals surface area contributed by atoms with Gasteiger partial charge in [0.1, 0.15) is 0 Å². The van der Waals surface area contributed by atoms with Gasteiger partial charge in [0.05, 0.1) is 0 Å². The zero-order valence-electron chi connectivity index (χ0n) is 13.7. The molecule has 3 rings (SSSR count). The molecule has 8 nitrogen and oxygen atoms in total. The molecule has 3 aromatic rings. The van der Waals surface area contributed by atoms with Crippen molar-refractivity contribution in [3.63, 3.8) is 0 Å². The second-order valence-electron chi connectivity index (χ2n) is 5.89. The van der Waals surface area contributed by atoms with Crippen LogP contribution >= 0.6 is 0 Å². The Hall–Kier alpha value is -2.64. The number of rotatable bonds is 6. The Morgan fingerprint density at radius 1 is 1.26 bits per heavy atom. The number of anilines is 2. The number of nitrogens with two attached hydrogens (primary N) is 1. The molecule has 0 radical (unpaired) electrons. The summed E-state index contributed by atoms with van der Waals surface area (Å²) in [6.07, 6.45) is 4.54. The molecule has 0 atom stereocenters. The minimum Gasteiger partial charge on any atom is -0.382 e. The molecule has 0 aliphatic heterocycles. The summed E-state index contributed by atoms with van der Waals surface area (Å²) in [5, 5.41) is 7.49. The van der Waals surface area contributed by atoms with Crippen LogP contribution in [0.1, 0.15) is 27.2 Å². The van der Waals surface area contributed by atoms with Crippen LogP contribution in [0.5, 0.6) is 0 Å². The summed E-state index contributed by atoms with van der Waals surface area (Å²) in [5.41, 5.74) is 7.44. The molecule has 0 bridgehead atoms. The van der Waals surface area contributed by atoms with E-state index in [1.807, 2.05) is 16.8 Å². The van der Waals surface area contributed by atoms with Crippen LogP contribution in [0.3, 0.4) is 0 Å². The average molecular weight is 314 g/mol. The van der Waals surface area contributed by atoms with Crippen molar-refractivity contribution in [3.8, 4) is 5.95 Å². The summed E-state index contributed by atoms with van der Waals surface area (Å²) in [6, 6.07) is 1.86. The third-order valence-electron chi connectivity index (χ3n) is 3.43. The van der Waals surface area contributed by atoms with Gasteiger partial charge in [-0.2, -0.15) is 15.1 Å². The van der Waals surface area contributed by atoms with Gasteiger partial charge in [-0.1, -0.05) is 20.8 Å². The van der Waals surface area contributed by atoms with Crippen molar-refractivity contribution in [1.82, 2.24) is 29.3 Å². The molecule has 0 unspecified atom stereocenters. The highest BCUT2D eigenvalue weighted by atomic mass is 15.4. The topological polar surface area (TPSA) is 99.5 Å². The second-order valence-corrected chi connectivity index (χ2v) is 5.89. The summed E-state index contributed by atoms with van der Waals surface area (Å²) in [6.45, 7) is 7.95. The van der Waals surface area contributed by atoms with Gasteiger partial charge in [0, 0.05) is 25.5 Å². The summed E-state index contributed by atoms with van der Waals surface area (Å²) in [4.78, 5) is 13.5. The molecular weight excluding hydrogens is 292 g/mol. The molecular formula is C15H22N8. The van der Waals surface area contributed by atoms with Gasteiger partial charge in [-0.3, -0.25) is 4.57 Å². The molecule has 0 aromatic carbocycles. The number of nitrogen functional groups attached to an aromatic ring is 1. The van der Waals surface area contributed by atoms with Crippen molar-refractivity contribution < 1.29 is 0 Å². The minimum atomic E-state index is 0.379. The standard InChI is InChI=1S/C15H22N8/c1-4-7-22-13-11(19-15(22)23-8-5-6-18-23)12(16)20-14(21-13)17-9-10(2)3/h5-6,8,10H,4,7,9H2,1-3H3,(H3,16,17,20,21). The van der Waals surface area contributed by atoms with Gasteiger partial charge in [-0.15, -0.1) is 0 Å². The van der Waals surface area contributed by atoms with Gasteiger partial charge < -0.3 is 11.1 Å². The lowest BCUT2D eigenvalue weighted by molar-refractivity contribution is 0.646. The number of hydrogen-bond donors (Lipinski definition) is 2. The smallest absolute Gasteiger partial charge is 0.233 e. The number of aryl methyl sites for hydroxylation is 1. The van der Waals surface area contributed by atoms with Crippen LogP contribution in [0, 0.1) is 5.92 Å². The minimum absolute atomic E-state index is 0.379. The van der Waals surface area contributed by atoms with E-state index in [2.05, 4.69) is 46.1 Å². The fourth-order valence-corrected chi connectivity index (χ4v) is 2.38. The monoisotopic (exact) mass is 314 g/mol. The van der Waals surface area contributed by atoms with Gasteiger partial charge in [0.15, 0.2) is 17.0 Å². The van der Waals surface area contributed by atoms with E-state index in [-0.39, 0.29) is 0 Å². The van der Waals surface area contributed by atoms with E-state index in [0.717, 1.165) is 25.2 Å². The summed E-state index contributed by atoms with van der Waals surface area (Å²) in [7, 11) is 0. The molecule has 3 N–H and O–H groups in total. The summed E-state index contributed by atoms with van der Waals surface area (Å²) >= 11 is 0. The highest BCUT2D eigenvalue weighted by Gasteiger charge is 2.17. The largest absolute Gasteiger partial charge is 0.382 e. The Bertz CT molecular complexity index is 788. The van der Waals surface area contributed by atoms with Crippen molar-refractivity contribution in [3.05, 3.63) is 18.5 Å². The Kier molecular flexibility index (Phi) is 4.14. The second kappa shape index (κ2) is 6.23. The molecule has 0 aliphatic carbocycles. The first kappa shape index (κ1) is 15.3. The van der Waals surface area contributed by atoms with Gasteiger partial charge in [-0.25, -0.2) is 9.67 Å². The van der Waals surface area contributed by atoms with Crippen molar-refractivity contribution in [1.29, 1.82) is 0 Å². The van der Waals surface area contributed by atoms with Crippen LogP contribution in [0.2, 0.25) is 0 Å². The van der Waals surface area contributed by atoms with Crippen molar-refractivity contribution in [2.75, 3.05) is 17.6 Å². The number of fused-ring (bicyclic) bond motifs is 1. The normalized spacial score (nSPS) is 11.5. The summed E-state index contributed by atoms with van der Waals surface area (Å²) in [5.74, 6) is 2.11. The van der Waals surface area contributed by atoms with Crippen LogP contribution in [0.4, 0.5) is 11.8 Å². The number of hydrogen-bond acceptors (Lipinski definition) is 6. The first-order chi connectivity index (χ1) is 11.1. The van der Waals surface area contributed by atoms with Crippen molar-refractivity contribution in [2.45, 2.75) is 33.7 Å². The highest BCUT2D eigenvalue weighted by Crippen LogP contribution is 2.23. The highest BCUT2D eigenvalue weighted by molar-refractivity contribution is 5.84. The van der Waals surface area contributed by atoms with E-state index in [0.29, 0.717) is 29.1 Å². The molecule has 0 fully saturated rings. The Labute approximate surface area is 134 Å². The maximum Gasteiger partial charge on any atom is 0.233 e. The lowest BCUT2D eigenvalue weighted by atomic mass is 10.2. The van der Waals surface area contributed by atoms with Crippen LogP contribution in [-0.2, 0) is 6.54 Å². The molecule has 3 aromatic heterocycles. The van der Waals surface area contributed by atoms with Crippen LogP contribution < -0.4 is 11.1 Å². The molecule has 0 saturated heterocycles. The van der Waals surface area contributed by atoms with E-state index in [9.17, 15) is 0 Å². The predicted molar refractivity (Wildman–Crippen MR) is 90.5 cm³/mol. The zero-order chi connectivity index (χ0) is 16.4. The SMILES string of the molecule is CCCn1c(-n2cccn2)nc2c(N)nc(NCC(C)C)nc21. The van der Waals surface area contributed by atoms with Gasteiger partial charge in [-0.05, 0) is 18.4 Å². The number of nitrogens with one attached hydrogen (secondary N) is 1. The lowest BCUT2D eigenvalue weighted by Crippen LogP contribution is -2.12. The van der Waals surface area contributed by atoms with Gasteiger partial charge in [0.25, 0.3) is 0 Å². The van der Waals surface area contributed by atoms with E-state index < -0.39 is 0 Å². The predicted octanol–water partition coefficient (Wildman–Crippen LogP) is 2.07. The first-order valence-corrected chi connectivity index (χ1v) is 7.87. The fourth-order valence-electron chi connectivity index (χ4n) is 2.38. The Morgan fingerprint density at radius 3 is 2.74 bits per heavy atom. The maximum absolute atomic E-state index is 6.10. The molecule has 0 saturated carbocycles. The van der Waals surface area contributed by atoms with Crippen LogP contribution in [0.25, 0.3) is 17.1 Å². The number of aromatic nitrogens is 6. The maximum atomic E-state index is 6.10. The summed E-state index contributed by atoms with van der Waals surface area (Å²) < 4.78 is 3.75. The van der Waals surface area contributed by atoms with Crippen LogP contribution in [-0.4, -0.2) is 35.8 Å². The van der Waals surface area contributed by atoms with E-state index in [4.69, 9.17) is 5.73 Å². The van der Waals surface area contributed by atoms with E-state index in [1.165, 1.54) is 0 Å². The molecule has 3 heterocycles. The van der Waals surface area contributed by atoms with Crippen molar-refractivity contribution in [2.24, 2.45) is 5.92 Å². The molecule has 8 heteroatoms. The van der Waals surface area contributed by atoms with E-state index in [1.54, 1.807) is 10.9 Å². The van der Waals surface area contributed by atoms with Gasteiger partial charge >= 0.3 is 0 Å². The number of imidazole rings is 1. The third kappa shape index (κ3) is 2.96.